The molecular formula is C21H24N2O3. The molecule has 1 aliphatic heterocycles. The lowest BCUT2D eigenvalue weighted by Gasteiger charge is -2.17. The predicted octanol–water partition coefficient (Wildman–Crippen LogP) is 2.66. The van der Waals surface area contributed by atoms with Crippen LogP contribution in [0.15, 0.2) is 48.5 Å². The van der Waals surface area contributed by atoms with E-state index >= 15 is 0 Å². The number of likely N-dealkylation sites (tertiary alicyclic amines) is 1. The summed E-state index contributed by atoms with van der Waals surface area (Å²) < 4.78 is 0. The molecule has 1 heterocycles. The van der Waals surface area contributed by atoms with Gasteiger partial charge < -0.3 is 15.3 Å². The van der Waals surface area contributed by atoms with Crippen LogP contribution in [0.25, 0.3) is 0 Å². The third-order valence-corrected chi connectivity index (χ3v) is 4.68. The number of rotatable bonds is 6. The Balaban J connectivity index is 1.51. The normalized spacial score (nSPS) is 16.7. The van der Waals surface area contributed by atoms with E-state index in [1.165, 1.54) is 11.6 Å². The summed E-state index contributed by atoms with van der Waals surface area (Å²) in [6.07, 6.45) is 2.14. The number of amides is 2. The molecule has 2 aromatic carbocycles. The van der Waals surface area contributed by atoms with Crippen LogP contribution in [0, 0.1) is 6.92 Å². The fraction of sp³-hybridized carbons (Fsp3) is 0.333. The van der Waals surface area contributed by atoms with Gasteiger partial charge in [-0.1, -0.05) is 42.0 Å². The fourth-order valence-electron chi connectivity index (χ4n) is 3.30. The van der Waals surface area contributed by atoms with Crippen LogP contribution < -0.4 is 5.32 Å². The van der Waals surface area contributed by atoms with Crippen molar-refractivity contribution in [3.63, 3.8) is 0 Å². The molecule has 2 N–H and O–H groups in total. The standard InChI is InChI=1S/C21H24N2O3/c1-15-9-10-19(24)18(12-15)21(26)22-17-13-20(25)23(14-17)11-5-8-16-6-3-2-4-7-16/h2-4,6-7,9-10,12,17,24H,5,8,11,13-14H2,1H3,(H,22,26)/t17-/m1/s1. The highest BCUT2D eigenvalue weighted by molar-refractivity contribution is 5.97. The van der Waals surface area contributed by atoms with Gasteiger partial charge >= 0.3 is 0 Å². The Hall–Kier alpha value is -2.82. The zero-order chi connectivity index (χ0) is 18.5. The molecule has 0 unspecified atom stereocenters. The second-order valence-corrected chi connectivity index (χ2v) is 6.82. The Labute approximate surface area is 153 Å². The summed E-state index contributed by atoms with van der Waals surface area (Å²) >= 11 is 0. The van der Waals surface area contributed by atoms with Crippen LogP contribution in [0.2, 0.25) is 0 Å². The van der Waals surface area contributed by atoms with E-state index in [1.54, 1.807) is 12.1 Å². The molecule has 2 aromatic rings. The van der Waals surface area contributed by atoms with E-state index in [0.29, 0.717) is 19.5 Å². The van der Waals surface area contributed by atoms with Gasteiger partial charge in [-0.05, 0) is 37.5 Å². The number of nitrogens with zero attached hydrogens (tertiary/aromatic N) is 1. The van der Waals surface area contributed by atoms with Crippen LogP contribution in [0.3, 0.4) is 0 Å². The minimum Gasteiger partial charge on any atom is -0.507 e. The summed E-state index contributed by atoms with van der Waals surface area (Å²) in [7, 11) is 0. The summed E-state index contributed by atoms with van der Waals surface area (Å²) in [5.74, 6) is -0.316. The topological polar surface area (TPSA) is 69.6 Å². The van der Waals surface area contributed by atoms with Crippen molar-refractivity contribution < 1.29 is 14.7 Å². The number of carbonyl (C=O) groups excluding carboxylic acids is 2. The second-order valence-electron chi connectivity index (χ2n) is 6.82. The summed E-state index contributed by atoms with van der Waals surface area (Å²) in [5, 5.41) is 12.7. The van der Waals surface area contributed by atoms with Gasteiger partial charge in [-0.25, -0.2) is 0 Å². The maximum Gasteiger partial charge on any atom is 0.255 e. The van der Waals surface area contributed by atoms with Crippen LogP contribution in [-0.4, -0.2) is 41.0 Å². The molecule has 0 bridgehead atoms. The lowest BCUT2D eigenvalue weighted by Crippen LogP contribution is -2.37. The van der Waals surface area contributed by atoms with E-state index in [0.717, 1.165) is 18.4 Å². The van der Waals surface area contributed by atoms with Gasteiger partial charge in [0.05, 0.1) is 11.6 Å². The molecule has 0 aliphatic carbocycles. The van der Waals surface area contributed by atoms with Gasteiger partial charge in [0, 0.05) is 19.5 Å². The fourth-order valence-corrected chi connectivity index (χ4v) is 3.30. The number of phenolic OH excluding ortho intramolecular Hbond substituents is 1. The maximum atomic E-state index is 12.4. The van der Waals surface area contributed by atoms with E-state index in [2.05, 4.69) is 17.4 Å². The van der Waals surface area contributed by atoms with Gasteiger partial charge in [-0.3, -0.25) is 9.59 Å². The molecule has 1 fully saturated rings. The molecule has 1 atom stereocenters. The van der Waals surface area contributed by atoms with Gasteiger partial charge in [-0.15, -0.1) is 0 Å². The number of phenols is 1. The average Bonchev–Trinajstić information content (AvgIpc) is 2.97. The highest BCUT2D eigenvalue weighted by Crippen LogP contribution is 2.19. The molecular weight excluding hydrogens is 328 g/mol. The lowest BCUT2D eigenvalue weighted by atomic mass is 10.1. The monoisotopic (exact) mass is 352 g/mol. The summed E-state index contributed by atoms with van der Waals surface area (Å²) in [6.45, 7) is 3.07. The van der Waals surface area contributed by atoms with Crippen molar-refractivity contribution in [2.45, 2.75) is 32.2 Å². The molecule has 0 radical (unpaired) electrons. The summed E-state index contributed by atoms with van der Waals surface area (Å²) in [4.78, 5) is 26.4. The van der Waals surface area contributed by atoms with Crippen LogP contribution in [0.4, 0.5) is 0 Å². The molecule has 3 rings (SSSR count). The number of aryl methyl sites for hydroxylation is 2. The van der Waals surface area contributed by atoms with Gasteiger partial charge in [0.2, 0.25) is 5.91 Å². The Morgan fingerprint density at radius 1 is 1.23 bits per heavy atom. The highest BCUT2D eigenvalue weighted by Gasteiger charge is 2.30. The SMILES string of the molecule is Cc1ccc(O)c(C(=O)N[C@@H]2CC(=O)N(CCCc3ccccc3)C2)c1. The Morgan fingerprint density at radius 2 is 2.00 bits per heavy atom. The van der Waals surface area contributed by atoms with E-state index in [9.17, 15) is 14.7 Å². The quantitative estimate of drug-likeness (QED) is 0.840. The first kappa shape index (κ1) is 18.0. The van der Waals surface area contributed by atoms with Crippen LogP contribution in [-0.2, 0) is 11.2 Å². The molecule has 1 aliphatic rings. The van der Waals surface area contributed by atoms with Crippen LogP contribution in [0.5, 0.6) is 5.75 Å². The molecule has 26 heavy (non-hydrogen) atoms. The molecule has 2 amide bonds. The molecule has 5 heteroatoms. The minimum absolute atomic E-state index is 0.0443. The number of carbonyl (C=O) groups is 2. The predicted molar refractivity (Wildman–Crippen MR) is 100 cm³/mol. The first-order chi connectivity index (χ1) is 12.5. The third kappa shape index (κ3) is 4.42. The van der Waals surface area contributed by atoms with Crippen molar-refractivity contribution >= 4 is 11.8 Å². The summed E-state index contributed by atoms with van der Waals surface area (Å²) in [6, 6.07) is 14.9. The van der Waals surface area contributed by atoms with E-state index in [-0.39, 0.29) is 29.2 Å². The Kier molecular flexibility index (Phi) is 5.56. The van der Waals surface area contributed by atoms with Gasteiger partial charge in [0.1, 0.15) is 5.75 Å². The number of nitrogens with one attached hydrogen (secondary N) is 1. The largest absolute Gasteiger partial charge is 0.507 e. The van der Waals surface area contributed by atoms with Crippen molar-refractivity contribution in [1.82, 2.24) is 10.2 Å². The zero-order valence-electron chi connectivity index (χ0n) is 14.9. The molecule has 1 saturated heterocycles. The first-order valence-corrected chi connectivity index (χ1v) is 8.95. The second kappa shape index (κ2) is 8.04. The third-order valence-electron chi connectivity index (χ3n) is 4.68. The van der Waals surface area contributed by atoms with Gasteiger partial charge in [0.25, 0.3) is 5.91 Å². The molecule has 5 nitrogen and oxygen atoms in total. The smallest absolute Gasteiger partial charge is 0.255 e. The average molecular weight is 352 g/mol. The number of benzene rings is 2. The van der Waals surface area contributed by atoms with Crippen LogP contribution >= 0.6 is 0 Å². The van der Waals surface area contributed by atoms with E-state index in [4.69, 9.17) is 0 Å². The first-order valence-electron chi connectivity index (χ1n) is 8.95. The van der Waals surface area contributed by atoms with Crippen molar-refractivity contribution in [1.29, 1.82) is 0 Å². The number of aromatic hydroxyl groups is 1. The molecule has 0 spiro atoms. The van der Waals surface area contributed by atoms with Crippen LogP contribution in [0.1, 0.15) is 34.3 Å². The minimum atomic E-state index is -0.338. The van der Waals surface area contributed by atoms with Crippen molar-refractivity contribution in [3.8, 4) is 5.75 Å². The molecule has 0 aromatic heterocycles. The van der Waals surface area contributed by atoms with Crippen molar-refractivity contribution in [3.05, 3.63) is 65.2 Å². The zero-order valence-corrected chi connectivity index (χ0v) is 14.9. The number of hydrogen-bond donors (Lipinski definition) is 2. The highest BCUT2D eigenvalue weighted by atomic mass is 16.3. The van der Waals surface area contributed by atoms with Gasteiger partial charge in [0.15, 0.2) is 0 Å². The number of hydrogen-bond acceptors (Lipinski definition) is 3. The Bertz CT molecular complexity index is 789. The van der Waals surface area contributed by atoms with E-state index in [1.807, 2.05) is 30.0 Å². The van der Waals surface area contributed by atoms with E-state index < -0.39 is 0 Å². The molecule has 136 valence electrons. The lowest BCUT2D eigenvalue weighted by molar-refractivity contribution is -0.127. The Morgan fingerprint density at radius 3 is 2.77 bits per heavy atom. The molecule has 0 saturated carbocycles. The van der Waals surface area contributed by atoms with Crippen molar-refractivity contribution in [2.75, 3.05) is 13.1 Å². The summed E-state index contributed by atoms with van der Waals surface area (Å²) in [5.41, 5.74) is 2.41. The van der Waals surface area contributed by atoms with Gasteiger partial charge in [-0.2, -0.15) is 0 Å². The van der Waals surface area contributed by atoms with Crippen molar-refractivity contribution in [2.24, 2.45) is 0 Å². The maximum absolute atomic E-state index is 12.4.